The maximum Gasteiger partial charge on any atom is 0.301 e. The molecule has 0 unspecified atom stereocenters. The molecule has 7 nitrogen and oxygen atoms in total. The van der Waals surface area contributed by atoms with Crippen LogP contribution < -0.4 is 5.56 Å². The van der Waals surface area contributed by atoms with E-state index in [1.165, 1.54) is 27.8 Å². The number of hydrogen-bond donors (Lipinski definition) is 1. The number of azo groups is 1. The summed E-state index contributed by atoms with van der Waals surface area (Å²) in [6.07, 6.45) is 3.50. The van der Waals surface area contributed by atoms with E-state index in [0.717, 1.165) is 5.56 Å². The summed E-state index contributed by atoms with van der Waals surface area (Å²) in [5, 5.41) is 14.1. The quantitative estimate of drug-likeness (QED) is 0.437. The highest BCUT2D eigenvalue weighted by atomic mass is 32.2. The predicted molar refractivity (Wildman–Crippen MR) is 99.1 cm³/mol. The van der Waals surface area contributed by atoms with Crippen LogP contribution in [0.4, 0.5) is 10.8 Å². The van der Waals surface area contributed by atoms with E-state index in [9.17, 15) is 4.79 Å². The Morgan fingerprint density at radius 3 is 2.71 bits per heavy atom. The Kier molecular flexibility index (Phi) is 5.02. The van der Waals surface area contributed by atoms with E-state index in [1.807, 2.05) is 36.6 Å². The molecule has 0 atom stereocenters. The lowest BCUT2D eigenvalue weighted by molar-refractivity contribution is 0.916. The van der Waals surface area contributed by atoms with E-state index >= 15 is 0 Å². The molecule has 0 aliphatic carbocycles. The smallest absolute Gasteiger partial charge is 0.286 e. The zero-order chi connectivity index (χ0) is 16.9. The van der Waals surface area contributed by atoms with Crippen molar-refractivity contribution in [2.75, 3.05) is 13.3 Å². The third kappa shape index (κ3) is 3.22. The van der Waals surface area contributed by atoms with Crippen molar-refractivity contribution in [3.8, 4) is 11.3 Å². The summed E-state index contributed by atoms with van der Waals surface area (Å²) in [6.45, 7) is 0. The summed E-state index contributed by atoms with van der Waals surface area (Å²) in [5.74, 6) is 0. The van der Waals surface area contributed by atoms with Crippen molar-refractivity contribution in [1.82, 2.24) is 14.8 Å². The van der Waals surface area contributed by atoms with Crippen LogP contribution in [0.3, 0.4) is 0 Å². The van der Waals surface area contributed by atoms with Crippen molar-refractivity contribution < 1.29 is 0 Å². The number of rotatable bonds is 3. The molecule has 2 heterocycles. The number of nitrogens with one attached hydrogen (secondary N) is 1. The number of H-pyrrole nitrogens is 1. The number of aliphatic imine (C=N–C) groups is 1. The van der Waals surface area contributed by atoms with Crippen molar-refractivity contribution in [3.63, 3.8) is 0 Å². The van der Waals surface area contributed by atoms with Crippen molar-refractivity contribution in [3.05, 3.63) is 52.3 Å². The Morgan fingerprint density at radius 2 is 2.08 bits per heavy atom. The van der Waals surface area contributed by atoms with E-state index in [1.54, 1.807) is 18.6 Å². The lowest BCUT2D eigenvalue weighted by Gasteiger charge is -2.01. The maximum absolute atomic E-state index is 12.7. The molecule has 1 aromatic carbocycles. The standard InChI is InChI=1S/C15H14N6OS2/c1-16-15(23-2)21-13(22)12(18-19-14-17-8-9-24-14)11(20-21)10-6-4-3-5-7-10/h3-9,20H,1-2H3. The number of hydrogen-bond acceptors (Lipinski definition) is 7. The Labute approximate surface area is 146 Å². The lowest BCUT2D eigenvalue weighted by atomic mass is 10.1. The molecule has 2 aromatic heterocycles. The number of thioether (sulfide) groups is 1. The summed E-state index contributed by atoms with van der Waals surface area (Å²) in [4.78, 5) is 20.9. The van der Waals surface area contributed by atoms with Crippen LogP contribution >= 0.6 is 23.1 Å². The Morgan fingerprint density at radius 1 is 1.29 bits per heavy atom. The molecular weight excluding hydrogens is 344 g/mol. The highest BCUT2D eigenvalue weighted by molar-refractivity contribution is 8.13. The lowest BCUT2D eigenvalue weighted by Crippen LogP contribution is -2.22. The molecule has 0 bridgehead atoms. The Bertz CT molecular complexity index is 925. The minimum absolute atomic E-state index is 0.228. The summed E-state index contributed by atoms with van der Waals surface area (Å²) < 4.78 is 1.38. The van der Waals surface area contributed by atoms with Gasteiger partial charge in [0.15, 0.2) is 10.9 Å². The van der Waals surface area contributed by atoms with Gasteiger partial charge >= 0.3 is 5.56 Å². The highest BCUT2D eigenvalue weighted by Crippen LogP contribution is 2.27. The van der Waals surface area contributed by atoms with Gasteiger partial charge in [0.1, 0.15) is 0 Å². The third-order valence-electron chi connectivity index (χ3n) is 3.15. The number of aromatic amines is 1. The fourth-order valence-corrected chi connectivity index (χ4v) is 3.05. The first-order chi connectivity index (χ1) is 11.7. The molecule has 0 saturated heterocycles. The van der Waals surface area contributed by atoms with Crippen molar-refractivity contribution in [2.24, 2.45) is 15.2 Å². The van der Waals surface area contributed by atoms with Gasteiger partial charge in [-0.25, -0.2) is 4.98 Å². The molecule has 0 spiro atoms. The van der Waals surface area contributed by atoms with E-state index < -0.39 is 0 Å². The van der Waals surface area contributed by atoms with E-state index in [-0.39, 0.29) is 11.2 Å². The molecule has 9 heteroatoms. The predicted octanol–water partition coefficient (Wildman–Crippen LogP) is 3.91. The molecule has 3 rings (SSSR count). The van der Waals surface area contributed by atoms with Crippen LogP contribution in [-0.4, -0.2) is 33.2 Å². The van der Waals surface area contributed by atoms with Crippen LogP contribution in [0.2, 0.25) is 0 Å². The SMILES string of the molecule is CN=C(SC)n1[nH]c(-c2ccccc2)c(N=Nc2nccs2)c1=O. The monoisotopic (exact) mass is 358 g/mol. The zero-order valence-corrected chi connectivity index (χ0v) is 14.6. The molecule has 122 valence electrons. The first-order valence-electron chi connectivity index (χ1n) is 6.97. The number of thiazole rings is 1. The Balaban J connectivity index is 2.16. The highest BCUT2D eigenvalue weighted by Gasteiger charge is 2.18. The molecule has 3 aromatic rings. The van der Waals surface area contributed by atoms with Crippen molar-refractivity contribution in [1.29, 1.82) is 0 Å². The average molecular weight is 358 g/mol. The van der Waals surface area contributed by atoms with Gasteiger partial charge in [0.2, 0.25) is 5.13 Å². The topological polar surface area (TPSA) is 87.8 Å². The molecule has 0 saturated carbocycles. The van der Waals surface area contributed by atoms with Gasteiger partial charge in [-0.3, -0.25) is 14.9 Å². The zero-order valence-electron chi connectivity index (χ0n) is 13.0. The summed E-state index contributed by atoms with van der Waals surface area (Å²) >= 11 is 2.72. The van der Waals surface area contributed by atoms with Gasteiger partial charge < -0.3 is 0 Å². The summed E-state index contributed by atoms with van der Waals surface area (Å²) in [5.41, 5.74) is 1.37. The minimum Gasteiger partial charge on any atom is -0.286 e. The second-order valence-corrected chi connectivity index (χ2v) is 6.21. The minimum atomic E-state index is -0.302. The average Bonchev–Trinajstić information content (AvgIpc) is 3.24. The van der Waals surface area contributed by atoms with Crippen LogP contribution in [0.25, 0.3) is 11.3 Å². The van der Waals surface area contributed by atoms with E-state index in [2.05, 4.69) is 25.3 Å². The fourth-order valence-electron chi connectivity index (χ4n) is 2.10. The molecule has 0 aliphatic heterocycles. The largest absolute Gasteiger partial charge is 0.301 e. The molecular formula is C15H14N6OS2. The molecule has 0 amide bonds. The third-order valence-corrected chi connectivity index (χ3v) is 4.53. The fraction of sp³-hybridized carbons (Fsp3) is 0.133. The van der Waals surface area contributed by atoms with Gasteiger partial charge in [-0.1, -0.05) is 42.1 Å². The Hall–Kier alpha value is -2.52. The molecule has 0 fully saturated rings. The van der Waals surface area contributed by atoms with Gasteiger partial charge in [0, 0.05) is 24.2 Å². The second-order valence-electron chi connectivity index (χ2n) is 4.57. The first kappa shape index (κ1) is 16.3. The normalized spacial score (nSPS) is 12.2. The van der Waals surface area contributed by atoms with Crippen molar-refractivity contribution in [2.45, 2.75) is 0 Å². The van der Waals surface area contributed by atoms with Gasteiger partial charge in [-0.2, -0.15) is 4.68 Å². The van der Waals surface area contributed by atoms with E-state index in [4.69, 9.17) is 0 Å². The van der Waals surface area contributed by atoms with Crippen molar-refractivity contribution >= 4 is 39.1 Å². The molecule has 0 radical (unpaired) electrons. The van der Waals surface area contributed by atoms with Gasteiger partial charge in [0.25, 0.3) is 0 Å². The van der Waals surface area contributed by atoms with E-state index in [0.29, 0.717) is 16.0 Å². The number of nitrogens with zero attached hydrogens (tertiary/aromatic N) is 5. The summed E-state index contributed by atoms with van der Waals surface area (Å²) in [7, 11) is 1.64. The number of aromatic nitrogens is 3. The molecule has 24 heavy (non-hydrogen) atoms. The second kappa shape index (κ2) is 7.37. The number of benzene rings is 1. The van der Waals surface area contributed by atoms with Crippen LogP contribution in [-0.2, 0) is 0 Å². The summed E-state index contributed by atoms with van der Waals surface area (Å²) in [6, 6.07) is 9.52. The first-order valence-corrected chi connectivity index (χ1v) is 9.08. The van der Waals surface area contributed by atoms with Gasteiger partial charge in [-0.05, 0) is 6.26 Å². The van der Waals surface area contributed by atoms with Gasteiger partial charge in [-0.15, -0.1) is 21.6 Å². The van der Waals surface area contributed by atoms with Gasteiger partial charge in [0.05, 0.1) is 5.69 Å². The maximum atomic E-state index is 12.7. The molecule has 0 aliphatic rings. The van der Waals surface area contributed by atoms with Crippen LogP contribution in [0, 0.1) is 0 Å². The van der Waals surface area contributed by atoms with Crippen LogP contribution in [0.15, 0.2) is 61.9 Å². The van der Waals surface area contributed by atoms with Crippen LogP contribution in [0.1, 0.15) is 0 Å². The van der Waals surface area contributed by atoms with Crippen LogP contribution in [0.5, 0.6) is 0 Å². The molecule has 1 N–H and O–H groups in total.